The van der Waals surface area contributed by atoms with E-state index in [9.17, 15) is 24.6 Å². The summed E-state index contributed by atoms with van der Waals surface area (Å²) in [5, 5.41) is 39.5. The molecule has 2 aliphatic carbocycles. The van der Waals surface area contributed by atoms with Crippen molar-refractivity contribution in [1.82, 2.24) is 4.90 Å². The van der Waals surface area contributed by atoms with Gasteiger partial charge in [0, 0.05) is 60.8 Å². The van der Waals surface area contributed by atoms with Crippen LogP contribution in [0.2, 0.25) is 0 Å². The van der Waals surface area contributed by atoms with Crippen LogP contribution < -0.4 is 4.90 Å². The highest BCUT2D eigenvalue weighted by Crippen LogP contribution is 2.39. The van der Waals surface area contributed by atoms with E-state index in [4.69, 9.17) is 19.7 Å². The molecule has 0 atom stereocenters. The number of phenols is 1. The number of phenolic OH excluding ortho intramolecular Hbond substituents is 1. The monoisotopic (exact) mass is 556 g/mol. The van der Waals surface area contributed by atoms with Crippen molar-refractivity contribution >= 4 is 28.6 Å². The lowest BCUT2D eigenvalue weighted by molar-refractivity contribution is -0.130. The number of aromatic hydroxyl groups is 1. The minimum atomic E-state index is -1.03. The molecule has 4 N–H and O–H groups in total. The zero-order chi connectivity index (χ0) is 29.2. The molecule has 0 radical (unpaired) electrons. The predicted octanol–water partition coefficient (Wildman–Crippen LogP) is 1.30. The van der Waals surface area contributed by atoms with E-state index in [2.05, 4.69) is 0 Å². The van der Waals surface area contributed by atoms with E-state index in [0.717, 1.165) is 0 Å². The van der Waals surface area contributed by atoms with Crippen molar-refractivity contribution in [3.63, 3.8) is 0 Å². The standard InChI is InChI=1S/C29H36N2O9/c1-3-30(9-13-39-15-11-32)19-5-7-21(23(34)17-19)25-27(36)26(29(38)28(25)37)22-8-6-20(18-24(22)35)31(4-2)10-14-40-16-12-33/h5-8,17-18,32-34,36H,3-4,9-16H2,1-2H3/b26-22-. The fourth-order valence-corrected chi connectivity index (χ4v) is 4.53. The van der Waals surface area contributed by atoms with E-state index in [0.29, 0.717) is 50.8 Å². The van der Waals surface area contributed by atoms with Gasteiger partial charge in [0.25, 0.3) is 0 Å². The van der Waals surface area contributed by atoms with E-state index in [1.54, 1.807) is 12.1 Å². The molecule has 0 saturated carbocycles. The number of hydrogen-bond donors (Lipinski definition) is 4. The first-order valence-electron chi connectivity index (χ1n) is 13.2. The number of Topliss-reactive ketones (excluding diaryl/α,β-unsaturated/α-hetero) is 2. The molecule has 216 valence electrons. The Balaban J connectivity index is 1.87. The molecular formula is C29H36N2O9. The summed E-state index contributed by atoms with van der Waals surface area (Å²) >= 11 is 0. The highest BCUT2D eigenvalue weighted by molar-refractivity contribution is 6.63. The highest BCUT2D eigenvalue weighted by Gasteiger charge is 2.41. The maximum atomic E-state index is 13.0. The lowest BCUT2D eigenvalue weighted by atomic mass is 9.96. The first-order valence-corrected chi connectivity index (χ1v) is 13.2. The molecule has 2 aliphatic rings. The van der Waals surface area contributed by atoms with Gasteiger partial charge in [0.1, 0.15) is 11.5 Å². The van der Waals surface area contributed by atoms with Gasteiger partial charge >= 0.3 is 0 Å². The molecule has 0 unspecified atom stereocenters. The number of aliphatic hydroxyl groups excluding tert-OH is 3. The molecule has 11 heteroatoms. The summed E-state index contributed by atoms with van der Waals surface area (Å²) in [6.07, 6.45) is 4.35. The summed E-state index contributed by atoms with van der Waals surface area (Å²) in [7, 11) is 0. The van der Waals surface area contributed by atoms with E-state index >= 15 is 0 Å². The first kappa shape index (κ1) is 30.8. The van der Waals surface area contributed by atoms with Crippen molar-refractivity contribution in [2.24, 2.45) is 0 Å². The molecular weight excluding hydrogens is 520 g/mol. The zero-order valence-electron chi connectivity index (χ0n) is 22.8. The van der Waals surface area contributed by atoms with E-state index in [1.165, 1.54) is 24.3 Å². The van der Waals surface area contributed by atoms with Crippen LogP contribution in [0.1, 0.15) is 19.4 Å². The van der Waals surface area contributed by atoms with Gasteiger partial charge in [-0.2, -0.15) is 0 Å². The van der Waals surface area contributed by atoms with Crippen molar-refractivity contribution in [2.75, 3.05) is 70.7 Å². The quantitative estimate of drug-likeness (QED) is 0.140. The van der Waals surface area contributed by atoms with Crippen LogP contribution in [0, 0.1) is 0 Å². The molecule has 1 aromatic rings. The minimum absolute atomic E-state index is 0.0220. The average molecular weight is 557 g/mol. The van der Waals surface area contributed by atoms with Gasteiger partial charge in [-0.25, -0.2) is 0 Å². The summed E-state index contributed by atoms with van der Waals surface area (Å²) in [6, 6.07) is 4.52. The molecule has 0 heterocycles. The van der Waals surface area contributed by atoms with Crippen molar-refractivity contribution in [1.29, 1.82) is 0 Å². The van der Waals surface area contributed by atoms with Crippen molar-refractivity contribution in [3.8, 4) is 5.75 Å². The van der Waals surface area contributed by atoms with Crippen molar-refractivity contribution < 1.29 is 44.3 Å². The lowest BCUT2D eigenvalue weighted by Crippen LogP contribution is -2.28. The van der Waals surface area contributed by atoms with Gasteiger partial charge in [0.15, 0.2) is 5.78 Å². The Kier molecular flexibility index (Phi) is 11.2. The Morgan fingerprint density at radius 1 is 0.775 bits per heavy atom. The number of rotatable bonds is 15. The average Bonchev–Trinajstić information content (AvgIpc) is 3.16. The molecule has 0 aromatic heterocycles. The summed E-state index contributed by atoms with van der Waals surface area (Å²) in [4.78, 5) is 42.7. The number of ketones is 3. The number of anilines is 1. The maximum Gasteiger partial charge on any atom is 0.238 e. The summed E-state index contributed by atoms with van der Waals surface area (Å²) in [5.41, 5.74) is 0.325. The third-order valence-corrected chi connectivity index (χ3v) is 6.60. The molecule has 3 rings (SSSR count). The number of nitrogens with zero attached hydrogens (tertiary/aromatic N) is 2. The molecule has 0 spiro atoms. The van der Waals surface area contributed by atoms with Gasteiger partial charge in [-0.05, 0) is 38.1 Å². The summed E-state index contributed by atoms with van der Waals surface area (Å²) in [6.45, 7) is 6.92. The van der Waals surface area contributed by atoms with Crippen LogP contribution >= 0.6 is 0 Å². The van der Waals surface area contributed by atoms with Gasteiger partial charge < -0.3 is 39.7 Å². The van der Waals surface area contributed by atoms with Crippen LogP contribution in [0.4, 0.5) is 5.69 Å². The van der Waals surface area contributed by atoms with E-state index in [1.807, 2.05) is 23.6 Å². The second-order valence-corrected chi connectivity index (χ2v) is 8.97. The molecule has 11 nitrogen and oxygen atoms in total. The molecule has 1 aromatic carbocycles. The number of carbonyl (C=O) groups is 3. The lowest BCUT2D eigenvalue weighted by Gasteiger charge is -2.25. The number of hydrogen-bond acceptors (Lipinski definition) is 11. The molecule has 0 amide bonds. The Bertz CT molecular complexity index is 1250. The SMILES string of the molecule is CCN(CCOCCO)C1=CC(=O)/C(=C2\C(=O)C(=O)C(c3ccc(N(CC)CCOCCO)cc3O)=C2O)C=C1. The predicted molar refractivity (Wildman–Crippen MR) is 148 cm³/mol. The molecule has 0 saturated heterocycles. The zero-order valence-corrected chi connectivity index (χ0v) is 22.8. The number of allylic oxidation sites excluding steroid dienone is 6. The van der Waals surface area contributed by atoms with Gasteiger partial charge in [0.2, 0.25) is 11.6 Å². The summed E-state index contributed by atoms with van der Waals surface area (Å²) in [5.74, 6) is -3.55. The van der Waals surface area contributed by atoms with E-state index in [-0.39, 0.29) is 48.9 Å². The van der Waals surface area contributed by atoms with Crippen LogP contribution in [0.25, 0.3) is 5.57 Å². The summed E-state index contributed by atoms with van der Waals surface area (Å²) < 4.78 is 10.6. The van der Waals surface area contributed by atoms with Crippen LogP contribution in [0.3, 0.4) is 0 Å². The highest BCUT2D eigenvalue weighted by atomic mass is 16.5. The minimum Gasteiger partial charge on any atom is -0.507 e. The Hall–Kier alpha value is -3.77. The van der Waals surface area contributed by atoms with Gasteiger partial charge in [-0.1, -0.05) is 0 Å². The van der Waals surface area contributed by atoms with Crippen LogP contribution in [-0.4, -0.2) is 108 Å². The first-order chi connectivity index (χ1) is 19.3. The van der Waals surface area contributed by atoms with Crippen molar-refractivity contribution in [3.05, 3.63) is 64.6 Å². The van der Waals surface area contributed by atoms with Crippen LogP contribution in [0.5, 0.6) is 5.75 Å². The van der Waals surface area contributed by atoms with Gasteiger partial charge in [-0.15, -0.1) is 0 Å². The molecule has 0 aliphatic heterocycles. The second kappa shape index (κ2) is 14.6. The Morgan fingerprint density at radius 3 is 1.93 bits per heavy atom. The largest absolute Gasteiger partial charge is 0.507 e. The normalized spacial score (nSPS) is 17.2. The van der Waals surface area contributed by atoms with E-state index < -0.39 is 28.7 Å². The van der Waals surface area contributed by atoms with Crippen molar-refractivity contribution in [2.45, 2.75) is 13.8 Å². The number of benzene rings is 1. The smallest absolute Gasteiger partial charge is 0.238 e. The fourth-order valence-electron chi connectivity index (χ4n) is 4.53. The number of carbonyl (C=O) groups excluding carboxylic acids is 3. The van der Waals surface area contributed by atoms with Gasteiger partial charge in [0.05, 0.1) is 50.8 Å². The van der Waals surface area contributed by atoms with Crippen LogP contribution in [0.15, 0.2) is 59.0 Å². The third kappa shape index (κ3) is 6.86. The fraction of sp³-hybridized carbons (Fsp3) is 0.414. The molecule has 0 fully saturated rings. The molecule has 0 bridgehead atoms. The number of aliphatic hydroxyl groups is 3. The third-order valence-electron chi connectivity index (χ3n) is 6.60. The topological polar surface area (TPSA) is 157 Å². The Labute approximate surface area is 232 Å². The molecule has 40 heavy (non-hydrogen) atoms. The number of likely N-dealkylation sites (N-methyl/N-ethyl adjacent to an activating group) is 2. The Morgan fingerprint density at radius 2 is 1.38 bits per heavy atom. The second-order valence-electron chi connectivity index (χ2n) is 8.97. The number of ether oxygens (including phenoxy) is 2. The van der Waals surface area contributed by atoms with Gasteiger partial charge in [-0.3, -0.25) is 14.4 Å². The van der Waals surface area contributed by atoms with Crippen LogP contribution in [-0.2, 0) is 23.9 Å². The maximum absolute atomic E-state index is 13.0.